The highest BCUT2D eigenvalue weighted by Crippen LogP contribution is 2.27. The first-order valence-electron chi connectivity index (χ1n) is 11.4. The van der Waals surface area contributed by atoms with Gasteiger partial charge in [-0.25, -0.2) is 0 Å². The first-order chi connectivity index (χ1) is 15.8. The Balaban J connectivity index is 2.08. The maximum Gasteiger partial charge on any atom is 0.108 e. The maximum absolute atomic E-state index is 10.4. The standard InChI is InChI=1S/C28H34N4O/c1-18-7-9-23-14-22(18)10-8-19(2)31-27(6-5-13-29)20(3)32-28(21(4)33)16-26-15-24(23)11-12-25(26)17-30/h7,9,11-12,14-15,27-28,31-33H,2-6,8,10,13,16,29H2,1H3/t27-,28?/m0/s1. The van der Waals surface area contributed by atoms with Crippen molar-refractivity contribution in [1.29, 1.82) is 5.26 Å². The molecule has 1 heterocycles. The summed E-state index contributed by atoms with van der Waals surface area (Å²) in [6, 6.07) is 14.1. The van der Waals surface area contributed by atoms with Crippen molar-refractivity contribution in [3.63, 3.8) is 0 Å². The Morgan fingerprint density at radius 2 is 1.82 bits per heavy atom. The number of nitriles is 1. The molecule has 5 heteroatoms. The van der Waals surface area contributed by atoms with Crippen LogP contribution in [0.1, 0.15) is 41.5 Å². The predicted molar refractivity (Wildman–Crippen MR) is 136 cm³/mol. The Bertz CT molecular complexity index is 1100. The summed E-state index contributed by atoms with van der Waals surface area (Å²) in [5.74, 6) is 0.00350. The summed E-state index contributed by atoms with van der Waals surface area (Å²) in [6.45, 7) is 15.0. The van der Waals surface area contributed by atoms with Crippen molar-refractivity contribution in [2.45, 2.75) is 51.1 Å². The quantitative estimate of drug-likeness (QED) is 0.512. The molecule has 0 spiro atoms. The van der Waals surface area contributed by atoms with Crippen LogP contribution in [-0.4, -0.2) is 23.7 Å². The maximum atomic E-state index is 10.4. The van der Waals surface area contributed by atoms with E-state index in [9.17, 15) is 10.4 Å². The molecule has 0 aliphatic carbocycles. The van der Waals surface area contributed by atoms with E-state index in [1.54, 1.807) is 0 Å². The third-order valence-electron chi connectivity index (χ3n) is 6.29. The second-order valence-corrected chi connectivity index (χ2v) is 8.77. The highest BCUT2D eigenvalue weighted by atomic mass is 16.3. The van der Waals surface area contributed by atoms with Gasteiger partial charge in [0.25, 0.3) is 0 Å². The molecule has 1 aliphatic heterocycles. The van der Waals surface area contributed by atoms with Crippen LogP contribution in [0.2, 0.25) is 0 Å². The fraction of sp³-hybridized carbons (Fsp3) is 0.321. The van der Waals surface area contributed by atoms with Crippen LogP contribution >= 0.6 is 0 Å². The van der Waals surface area contributed by atoms with Gasteiger partial charge in [0.2, 0.25) is 0 Å². The largest absolute Gasteiger partial charge is 0.511 e. The number of aryl methyl sites for hydroxylation is 2. The van der Waals surface area contributed by atoms with Crippen LogP contribution in [0.25, 0.3) is 11.1 Å². The van der Waals surface area contributed by atoms with Crippen LogP contribution in [-0.2, 0) is 12.8 Å². The van der Waals surface area contributed by atoms with E-state index in [4.69, 9.17) is 5.73 Å². The molecule has 0 fully saturated rings. The molecule has 1 unspecified atom stereocenters. The molecular weight excluding hydrogens is 408 g/mol. The van der Waals surface area contributed by atoms with Gasteiger partial charge in [0, 0.05) is 17.8 Å². The van der Waals surface area contributed by atoms with Gasteiger partial charge < -0.3 is 21.5 Å². The Labute approximate surface area is 197 Å². The molecule has 33 heavy (non-hydrogen) atoms. The van der Waals surface area contributed by atoms with Crippen LogP contribution in [0, 0.1) is 18.3 Å². The van der Waals surface area contributed by atoms with E-state index in [0.717, 1.165) is 53.8 Å². The highest BCUT2D eigenvalue weighted by Gasteiger charge is 2.21. The van der Waals surface area contributed by atoms with E-state index in [1.807, 2.05) is 18.2 Å². The average Bonchev–Trinajstić information content (AvgIpc) is 2.80. The monoisotopic (exact) mass is 442 g/mol. The van der Waals surface area contributed by atoms with Crippen LogP contribution < -0.4 is 16.4 Å². The molecule has 5 N–H and O–H groups in total. The number of hydrogen-bond donors (Lipinski definition) is 4. The van der Waals surface area contributed by atoms with Gasteiger partial charge in [-0.1, -0.05) is 44.0 Å². The molecule has 0 aromatic heterocycles. The van der Waals surface area contributed by atoms with Gasteiger partial charge in [0.05, 0.1) is 23.7 Å². The molecule has 0 radical (unpaired) electrons. The second-order valence-electron chi connectivity index (χ2n) is 8.77. The normalized spacial score (nSPS) is 18.8. The Morgan fingerprint density at radius 1 is 1.12 bits per heavy atom. The van der Waals surface area contributed by atoms with Crippen LogP contribution in [0.5, 0.6) is 0 Å². The smallest absolute Gasteiger partial charge is 0.108 e. The Morgan fingerprint density at radius 3 is 2.48 bits per heavy atom. The minimum absolute atomic E-state index is 0.00350. The lowest BCUT2D eigenvalue weighted by atomic mass is 9.92. The number of aliphatic hydroxyl groups excluding tert-OH is 1. The molecule has 0 saturated heterocycles. The summed E-state index contributed by atoms with van der Waals surface area (Å²) >= 11 is 0. The minimum Gasteiger partial charge on any atom is -0.511 e. The van der Waals surface area contributed by atoms with Crippen molar-refractivity contribution in [3.05, 3.63) is 95.5 Å². The third kappa shape index (κ3) is 6.06. The number of nitrogens with one attached hydrogen (secondary N) is 2. The average molecular weight is 443 g/mol. The second kappa shape index (κ2) is 10.9. The molecule has 2 aromatic carbocycles. The fourth-order valence-electron chi connectivity index (χ4n) is 4.23. The molecule has 172 valence electrons. The summed E-state index contributed by atoms with van der Waals surface area (Å²) in [5, 5.41) is 26.9. The molecule has 0 amide bonds. The van der Waals surface area contributed by atoms with E-state index >= 15 is 0 Å². The molecule has 1 aliphatic rings. The highest BCUT2D eigenvalue weighted by molar-refractivity contribution is 5.67. The number of nitrogens with two attached hydrogens (primary N) is 1. The van der Waals surface area contributed by atoms with Gasteiger partial charge in [-0.05, 0) is 79.1 Å². The van der Waals surface area contributed by atoms with Crippen LogP contribution in [0.4, 0.5) is 0 Å². The van der Waals surface area contributed by atoms with Crippen molar-refractivity contribution in [2.75, 3.05) is 6.54 Å². The summed E-state index contributed by atoms with van der Waals surface area (Å²) in [4.78, 5) is 0. The number of allylic oxidation sites excluding steroid dienone is 1. The van der Waals surface area contributed by atoms with Gasteiger partial charge in [0.1, 0.15) is 5.76 Å². The van der Waals surface area contributed by atoms with E-state index in [-0.39, 0.29) is 11.8 Å². The van der Waals surface area contributed by atoms with E-state index in [0.29, 0.717) is 18.5 Å². The first kappa shape index (κ1) is 24.2. The number of rotatable bonds is 4. The van der Waals surface area contributed by atoms with Crippen molar-refractivity contribution >= 4 is 0 Å². The number of fused-ring (bicyclic) bond motifs is 5. The molecular formula is C28H34N4O. The number of nitrogens with zero attached hydrogens (tertiary/aromatic N) is 1. The van der Waals surface area contributed by atoms with Gasteiger partial charge >= 0.3 is 0 Å². The summed E-state index contributed by atoms with van der Waals surface area (Å²) in [7, 11) is 0. The van der Waals surface area contributed by atoms with Gasteiger partial charge in [0.15, 0.2) is 0 Å². The molecule has 5 nitrogen and oxygen atoms in total. The van der Waals surface area contributed by atoms with E-state index in [2.05, 4.69) is 61.6 Å². The lowest BCUT2D eigenvalue weighted by Crippen LogP contribution is -2.41. The van der Waals surface area contributed by atoms with Crippen LogP contribution in [0.3, 0.4) is 0 Å². The van der Waals surface area contributed by atoms with Crippen molar-refractivity contribution in [2.24, 2.45) is 5.73 Å². The lowest BCUT2D eigenvalue weighted by Gasteiger charge is -2.28. The van der Waals surface area contributed by atoms with Crippen LogP contribution in [0.15, 0.2) is 73.3 Å². The van der Waals surface area contributed by atoms with Crippen molar-refractivity contribution in [1.82, 2.24) is 10.6 Å². The SMILES string of the molecule is C=C1CCc2cc(ccc2C)-c2ccc(C#N)c(c2)CC(C(=C)O)NC(=C)[C@H](CCCN)N1. The number of hydrogen-bond acceptors (Lipinski definition) is 5. The van der Waals surface area contributed by atoms with Gasteiger partial charge in [-0.3, -0.25) is 0 Å². The summed E-state index contributed by atoms with van der Waals surface area (Å²) in [5.41, 5.74) is 13.5. The predicted octanol–water partition coefficient (Wildman–Crippen LogP) is 4.78. The Hall–Kier alpha value is -3.49. The lowest BCUT2D eigenvalue weighted by molar-refractivity contribution is 0.344. The molecule has 3 rings (SSSR count). The topological polar surface area (TPSA) is 94.1 Å². The number of benzene rings is 2. The van der Waals surface area contributed by atoms with E-state index < -0.39 is 6.04 Å². The number of aliphatic hydroxyl groups is 1. The fourth-order valence-corrected chi connectivity index (χ4v) is 4.23. The zero-order valence-corrected chi connectivity index (χ0v) is 19.5. The first-order valence-corrected chi connectivity index (χ1v) is 11.4. The molecule has 2 atom stereocenters. The van der Waals surface area contributed by atoms with Crippen molar-refractivity contribution < 1.29 is 5.11 Å². The van der Waals surface area contributed by atoms with E-state index in [1.165, 1.54) is 11.1 Å². The minimum atomic E-state index is -0.478. The van der Waals surface area contributed by atoms with Gasteiger partial charge in [-0.2, -0.15) is 5.26 Å². The Kier molecular flexibility index (Phi) is 7.97. The molecule has 4 bridgehead atoms. The molecule has 2 aromatic rings. The van der Waals surface area contributed by atoms with Crippen molar-refractivity contribution in [3.8, 4) is 17.2 Å². The summed E-state index contributed by atoms with van der Waals surface area (Å²) < 4.78 is 0. The zero-order valence-electron chi connectivity index (χ0n) is 19.5. The van der Waals surface area contributed by atoms with Gasteiger partial charge in [-0.15, -0.1) is 0 Å². The third-order valence-corrected chi connectivity index (χ3v) is 6.29. The molecule has 0 saturated carbocycles. The summed E-state index contributed by atoms with van der Waals surface area (Å²) in [6.07, 6.45) is 3.70. The zero-order chi connectivity index (χ0) is 24.0.